The summed E-state index contributed by atoms with van der Waals surface area (Å²) in [5, 5.41) is 11.7. The van der Waals surface area contributed by atoms with Crippen molar-refractivity contribution in [3.8, 4) is 0 Å². The molecule has 0 radical (unpaired) electrons. The molecule has 1 saturated carbocycles. The van der Waals surface area contributed by atoms with Gasteiger partial charge in [0.1, 0.15) is 0 Å². The van der Waals surface area contributed by atoms with Crippen molar-refractivity contribution in [2.45, 2.75) is 83.7 Å². The molecule has 0 bridgehead atoms. The van der Waals surface area contributed by atoms with E-state index < -0.39 is 11.0 Å². The lowest BCUT2D eigenvalue weighted by molar-refractivity contribution is -0.159. The molecule has 0 aromatic heterocycles. The third kappa shape index (κ3) is 5.79. The zero-order chi connectivity index (χ0) is 23.5. The Hall–Kier alpha value is -1.88. The van der Waals surface area contributed by atoms with Crippen molar-refractivity contribution in [3.63, 3.8) is 0 Å². The molecule has 2 heterocycles. The quantitative estimate of drug-likeness (QED) is 0.663. The van der Waals surface area contributed by atoms with Crippen molar-refractivity contribution in [1.82, 2.24) is 9.80 Å². The molecule has 1 aromatic carbocycles. The average molecular weight is 455 g/mol. The minimum Gasteiger partial charge on any atom is -0.387 e. The van der Waals surface area contributed by atoms with Gasteiger partial charge in [-0.05, 0) is 36.7 Å². The van der Waals surface area contributed by atoms with Gasteiger partial charge in [-0.3, -0.25) is 9.59 Å². The fraction of sp³-hybridized carbons (Fsp3) is 0.714. The number of aliphatic hydroxyl groups is 1. The van der Waals surface area contributed by atoms with Gasteiger partial charge in [-0.2, -0.15) is 0 Å². The van der Waals surface area contributed by atoms with Crippen LogP contribution in [0.15, 0.2) is 30.3 Å². The number of benzene rings is 1. The van der Waals surface area contributed by atoms with Crippen LogP contribution in [0.3, 0.4) is 0 Å². The predicted octanol–water partition coefficient (Wildman–Crippen LogP) is 4.43. The van der Waals surface area contributed by atoms with Crippen LogP contribution in [0.25, 0.3) is 0 Å². The summed E-state index contributed by atoms with van der Waals surface area (Å²) < 4.78 is 0. The minimum atomic E-state index is -0.968. The highest BCUT2D eigenvalue weighted by atomic mass is 16.3. The lowest BCUT2D eigenvalue weighted by Gasteiger charge is -2.51. The summed E-state index contributed by atoms with van der Waals surface area (Å²) in [6.07, 6.45) is 10.1. The van der Waals surface area contributed by atoms with Gasteiger partial charge >= 0.3 is 0 Å². The molecule has 2 unspecified atom stereocenters. The van der Waals surface area contributed by atoms with Gasteiger partial charge in [0.2, 0.25) is 11.8 Å². The Morgan fingerprint density at radius 3 is 2.52 bits per heavy atom. The maximum absolute atomic E-state index is 12.9. The van der Waals surface area contributed by atoms with Crippen LogP contribution in [0.4, 0.5) is 0 Å². The van der Waals surface area contributed by atoms with E-state index >= 15 is 0 Å². The molecule has 33 heavy (non-hydrogen) atoms. The van der Waals surface area contributed by atoms with E-state index in [4.69, 9.17) is 0 Å². The monoisotopic (exact) mass is 454 g/mol. The van der Waals surface area contributed by atoms with E-state index in [9.17, 15) is 14.7 Å². The molecular formula is C28H42N2O3. The Labute approximate surface area is 199 Å². The zero-order valence-electron chi connectivity index (χ0n) is 20.6. The minimum absolute atomic E-state index is 0.145. The molecule has 1 N–H and O–H groups in total. The number of piperidine rings is 1. The van der Waals surface area contributed by atoms with E-state index in [1.807, 2.05) is 28.0 Å². The predicted molar refractivity (Wildman–Crippen MR) is 131 cm³/mol. The summed E-state index contributed by atoms with van der Waals surface area (Å²) >= 11 is 0. The lowest BCUT2D eigenvalue weighted by Crippen LogP contribution is -2.62. The largest absolute Gasteiger partial charge is 0.387 e. The number of carbonyl (C=O) groups is 2. The molecule has 2 saturated heterocycles. The van der Waals surface area contributed by atoms with Crippen molar-refractivity contribution in [3.05, 3.63) is 35.9 Å². The van der Waals surface area contributed by atoms with Crippen molar-refractivity contribution < 1.29 is 14.7 Å². The molecule has 2 amide bonds. The van der Waals surface area contributed by atoms with Crippen LogP contribution in [-0.4, -0.2) is 58.5 Å². The lowest BCUT2D eigenvalue weighted by atomic mass is 9.69. The molecule has 0 spiro atoms. The van der Waals surface area contributed by atoms with E-state index in [1.54, 1.807) is 0 Å². The van der Waals surface area contributed by atoms with Gasteiger partial charge < -0.3 is 14.9 Å². The standard InChI is InChI=1S/C28H42N2O3/c1-27(2)20-29(25(31)14-13-22-9-5-3-6-10-22)16-15-28(27,33)21-30-19-24(18-26(30)32)17-23-11-7-4-8-12-23/h4,7-8,11-12,22,24,33H,3,5-6,9-10,13-21H2,1-2H3. The average Bonchev–Trinajstić information content (AvgIpc) is 3.13. The Kier molecular flexibility index (Phi) is 7.47. The molecule has 182 valence electrons. The number of carbonyl (C=O) groups excluding carboxylic acids is 2. The Bertz CT molecular complexity index is 818. The van der Waals surface area contributed by atoms with Crippen molar-refractivity contribution in [1.29, 1.82) is 0 Å². The van der Waals surface area contributed by atoms with E-state index in [-0.39, 0.29) is 11.8 Å². The number of hydrogen-bond donors (Lipinski definition) is 1. The highest BCUT2D eigenvalue weighted by Crippen LogP contribution is 2.41. The van der Waals surface area contributed by atoms with Gasteiger partial charge in [-0.1, -0.05) is 76.3 Å². The second-order valence-electron chi connectivity index (χ2n) is 11.6. The molecule has 4 rings (SSSR count). The summed E-state index contributed by atoms with van der Waals surface area (Å²) in [5.74, 6) is 1.39. The molecule has 3 fully saturated rings. The van der Waals surface area contributed by atoms with Gasteiger partial charge in [0, 0.05) is 37.9 Å². The molecule has 1 aliphatic carbocycles. The molecule has 3 aliphatic rings. The van der Waals surface area contributed by atoms with Gasteiger partial charge in [0.25, 0.3) is 0 Å². The van der Waals surface area contributed by atoms with Crippen LogP contribution in [0.2, 0.25) is 0 Å². The van der Waals surface area contributed by atoms with Gasteiger partial charge in [0.05, 0.1) is 12.1 Å². The number of nitrogens with zero attached hydrogens (tertiary/aromatic N) is 2. The first kappa shape index (κ1) is 24.3. The summed E-state index contributed by atoms with van der Waals surface area (Å²) in [5.41, 5.74) is -0.162. The number of β-amino-alcohol motifs (C(OH)–C–C–N with tert-alkyl or cyclic N) is 1. The van der Waals surface area contributed by atoms with Crippen LogP contribution in [0.1, 0.15) is 77.2 Å². The molecule has 5 heteroatoms. The summed E-state index contributed by atoms with van der Waals surface area (Å²) in [6.45, 7) is 6.32. The number of likely N-dealkylation sites (tertiary alicyclic amines) is 2. The van der Waals surface area contributed by atoms with Crippen molar-refractivity contribution >= 4 is 11.8 Å². The Balaban J connectivity index is 1.30. The van der Waals surface area contributed by atoms with E-state index in [0.29, 0.717) is 57.3 Å². The molecule has 2 aliphatic heterocycles. The van der Waals surface area contributed by atoms with Crippen LogP contribution in [0.5, 0.6) is 0 Å². The molecular weight excluding hydrogens is 412 g/mol. The third-order valence-corrected chi connectivity index (χ3v) is 8.60. The van der Waals surface area contributed by atoms with Crippen molar-refractivity contribution in [2.75, 3.05) is 26.2 Å². The van der Waals surface area contributed by atoms with Gasteiger partial charge in [-0.25, -0.2) is 0 Å². The van der Waals surface area contributed by atoms with Gasteiger partial charge in [0.15, 0.2) is 0 Å². The Morgan fingerprint density at radius 2 is 1.82 bits per heavy atom. The zero-order valence-corrected chi connectivity index (χ0v) is 20.6. The molecule has 1 aromatic rings. The van der Waals surface area contributed by atoms with E-state index in [2.05, 4.69) is 26.0 Å². The second kappa shape index (κ2) is 10.2. The summed E-state index contributed by atoms with van der Waals surface area (Å²) in [7, 11) is 0. The number of amides is 2. The van der Waals surface area contributed by atoms with Crippen LogP contribution >= 0.6 is 0 Å². The maximum atomic E-state index is 12.9. The molecule has 2 atom stereocenters. The highest BCUT2D eigenvalue weighted by Gasteiger charge is 2.50. The van der Waals surface area contributed by atoms with Crippen molar-refractivity contribution in [2.24, 2.45) is 17.3 Å². The smallest absolute Gasteiger partial charge is 0.223 e. The normalized spacial score (nSPS) is 28.3. The first-order chi connectivity index (χ1) is 15.8. The van der Waals surface area contributed by atoms with Crippen LogP contribution in [-0.2, 0) is 16.0 Å². The number of hydrogen-bond acceptors (Lipinski definition) is 3. The molecule has 5 nitrogen and oxygen atoms in total. The van der Waals surface area contributed by atoms with E-state index in [1.165, 1.54) is 37.7 Å². The van der Waals surface area contributed by atoms with E-state index in [0.717, 1.165) is 12.8 Å². The fourth-order valence-electron chi connectivity index (χ4n) is 6.24. The summed E-state index contributed by atoms with van der Waals surface area (Å²) in [4.78, 5) is 29.5. The maximum Gasteiger partial charge on any atom is 0.223 e. The van der Waals surface area contributed by atoms with Crippen LogP contribution < -0.4 is 0 Å². The van der Waals surface area contributed by atoms with Crippen LogP contribution in [0, 0.1) is 17.3 Å². The SMILES string of the molecule is CC1(C)CN(C(=O)CCC2CCCCC2)CCC1(O)CN1CC(Cc2ccccc2)CC1=O. The topological polar surface area (TPSA) is 60.9 Å². The first-order valence-corrected chi connectivity index (χ1v) is 13.1. The Morgan fingerprint density at radius 1 is 1.09 bits per heavy atom. The fourth-order valence-corrected chi connectivity index (χ4v) is 6.24. The highest BCUT2D eigenvalue weighted by molar-refractivity contribution is 5.79. The number of rotatable bonds is 7. The third-order valence-electron chi connectivity index (χ3n) is 8.60. The summed E-state index contributed by atoms with van der Waals surface area (Å²) in [6, 6.07) is 10.3. The van der Waals surface area contributed by atoms with Gasteiger partial charge in [-0.15, -0.1) is 0 Å². The first-order valence-electron chi connectivity index (χ1n) is 13.1. The second-order valence-corrected chi connectivity index (χ2v) is 11.6.